The molecule has 154 valence electrons. The molecule has 0 radical (unpaired) electrons. The van der Waals surface area contributed by atoms with Crippen LogP contribution in [0.25, 0.3) is 42.4 Å². The fourth-order valence-electron chi connectivity index (χ4n) is 6.40. The van der Waals surface area contributed by atoms with Gasteiger partial charge in [-0.15, -0.1) is 11.3 Å². The Kier molecular flexibility index (Phi) is 3.55. The topological polar surface area (TPSA) is 0 Å². The van der Waals surface area contributed by atoms with E-state index in [2.05, 4.69) is 126 Å². The van der Waals surface area contributed by atoms with Crippen molar-refractivity contribution in [2.75, 3.05) is 0 Å². The summed E-state index contributed by atoms with van der Waals surface area (Å²) in [6.07, 6.45) is 0. The van der Waals surface area contributed by atoms with Crippen LogP contribution in [0.15, 0.2) is 103 Å². The SMILES string of the molecule is Ic1cccc2c1sc1c3c(ccc12)C1(c2ccccc2-c2ccccc21)c1ccccc1-3. The molecule has 6 aromatic rings. The highest BCUT2D eigenvalue weighted by Crippen LogP contribution is 2.64. The molecule has 0 atom stereocenters. The fraction of sp³-hybridized carbons (Fsp3) is 0.0323. The fourth-order valence-corrected chi connectivity index (χ4v) is 8.49. The van der Waals surface area contributed by atoms with E-state index in [0.29, 0.717) is 0 Å². The van der Waals surface area contributed by atoms with Crippen molar-refractivity contribution in [3.05, 3.63) is 129 Å². The maximum absolute atomic E-state index is 2.48. The number of halogens is 1. The van der Waals surface area contributed by atoms with Crippen LogP contribution in [-0.4, -0.2) is 0 Å². The molecule has 0 bridgehead atoms. The molecule has 0 saturated carbocycles. The lowest BCUT2D eigenvalue weighted by atomic mass is 9.70. The monoisotopic (exact) mass is 548 g/mol. The van der Waals surface area contributed by atoms with Crippen LogP contribution in [0.5, 0.6) is 0 Å². The first kappa shape index (κ1) is 18.5. The summed E-state index contributed by atoms with van der Waals surface area (Å²) < 4.78 is 4.14. The Morgan fingerprint density at radius 3 is 1.76 bits per heavy atom. The molecule has 0 unspecified atom stereocenters. The Morgan fingerprint density at radius 1 is 0.485 bits per heavy atom. The van der Waals surface area contributed by atoms with Gasteiger partial charge in [0.25, 0.3) is 0 Å². The van der Waals surface area contributed by atoms with Crippen LogP contribution >= 0.6 is 33.9 Å². The minimum atomic E-state index is -0.253. The molecule has 1 spiro atoms. The summed E-state index contributed by atoms with van der Waals surface area (Å²) in [5.41, 5.74) is 10.9. The highest BCUT2D eigenvalue weighted by atomic mass is 127. The van der Waals surface area contributed by atoms with Crippen molar-refractivity contribution in [2.45, 2.75) is 5.41 Å². The average molecular weight is 548 g/mol. The molecule has 2 aliphatic carbocycles. The van der Waals surface area contributed by atoms with Crippen molar-refractivity contribution in [1.29, 1.82) is 0 Å². The molecular weight excluding hydrogens is 531 g/mol. The van der Waals surface area contributed by atoms with Gasteiger partial charge in [0, 0.05) is 29.3 Å². The zero-order chi connectivity index (χ0) is 21.7. The van der Waals surface area contributed by atoms with Gasteiger partial charge in [-0.25, -0.2) is 0 Å². The summed E-state index contributed by atoms with van der Waals surface area (Å²) >= 11 is 4.44. The Morgan fingerprint density at radius 2 is 1.06 bits per heavy atom. The number of hydrogen-bond donors (Lipinski definition) is 0. The maximum Gasteiger partial charge on any atom is 0.0726 e. The lowest BCUT2D eigenvalue weighted by Gasteiger charge is -2.30. The van der Waals surface area contributed by atoms with Crippen LogP contribution < -0.4 is 0 Å². The lowest BCUT2D eigenvalue weighted by molar-refractivity contribution is 0.794. The van der Waals surface area contributed by atoms with Gasteiger partial charge in [-0.3, -0.25) is 0 Å². The van der Waals surface area contributed by atoms with E-state index >= 15 is 0 Å². The van der Waals surface area contributed by atoms with E-state index in [0.717, 1.165) is 0 Å². The maximum atomic E-state index is 2.48. The highest BCUT2D eigenvalue weighted by Gasteiger charge is 2.51. The molecule has 8 rings (SSSR count). The number of benzene rings is 5. The van der Waals surface area contributed by atoms with E-state index in [1.54, 1.807) is 0 Å². The van der Waals surface area contributed by atoms with Crippen molar-refractivity contribution >= 4 is 54.1 Å². The van der Waals surface area contributed by atoms with E-state index in [9.17, 15) is 0 Å². The van der Waals surface area contributed by atoms with Gasteiger partial charge in [-0.1, -0.05) is 97.1 Å². The van der Waals surface area contributed by atoms with Crippen LogP contribution in [0.3, 0.4) is 0 Å². The molecule has 0 fully saturated rings. The minimum Gasteiger partial charge on any atom is -0.133 e. The third-order valence-electron chi connectivity index (χ3n) is 7.58. The summed E-state index contributed by atoms with van der Waals surface area (Å²) in [5, 5.41) is 2.74. The van der Waals surface area contributed by atoms with Gasteiger partial charge in [0.2, 0.25) is 0 Å². The summed E-state index contributed by atoms with van der Waals surface area (Å²) in [6.45, 7) is 0. The molecule has 0 nitrogen and oxygen atoms in total. The predicted molar refractivity (Wildman–Crippen MR) is 148 cm³/mol. The van der Waals surface area contributed by atoms with Crippen LogP contribution in [0.1, 0.15) is 22.3 Å². The number of hydrogen-bond acceptors (Lipinski definition) is 1. The molecule has 2 heteroatoms. The van der Waals surface area contributed by atoms with Crippen LogP contribution in [0, 0.1) is 3.57 Å². The molecule has 5 aromatic carbocycles. The third kappa shape index (κ3) is 2.08. The third-order valence-corrected chi connectivity index (χ3v) is 10.1. The van der Waals surface area contributed by atoms with Crippen molar-refractivity contribution < 1.29 is 0 Å². The predicted octanol–water partition coefficient (Wildman–Crippen LogP) is 9.00. The van der Waals surface area contributed by atoms with Crippen LogP contribution in [0.4, 0.5) is 0 Å². The second-order valence-electron chi connectivity index (χ2n) is 8.97. The Balaban J connectivity index is 1.62. The van der Waals surface area contributed by atoms with Gasteiger partial charge < -0.3 is 0 Å². The Bertz CT molecular complexity index is 1740. The zero-order valence-electron chi connectivity index (χ0n) is 17.6. The van der Waals surface area contributed by atoms with Crippen LogP contribution in [0.2, 0.25) is 0 Å². The van der Waals surface area contributed by atoms with Crippen molar-refractivity contribution in [3.63, 3.8) is 0 Å². The van der Waals surface area contributed by atoms with E-state index in [1.165, 1.54) is 68.3 Å². The average Bonchev–Trinajstić information content (AvgIpc) is 3.49. The highest BCUT2D eigenvalue weighted by molar-refractivity contribution is 14.1. The van der Waals surface area contributed by atoms with Crippen LogP contribution in [-0.2, 0) is 5.41 Å². The molecule has 0 N–H and O–H groups in total. The van der Waals surface area contributed by atoms with Gasteiger partial charge in [0.15, 0.2) is 0 Å². The van der Waals surface area contributed by atoms with Gasteiger partial charge in [-0.2, -0.15) is 0 Å². The molecule has 33 heavy (non-hydrogen) atoms. The molecule has 0 amide bonds. The summed E-state index contributed by atoms with van der Waals surface area (Å²) in [5.74, 6) is 0. The van der Waals surface area contributed by atoms with E-state index < -0.39 is 0 Å². The number of fused-ring (bicyclic) bond motifs is 14. The quantitative estimate of drug-likeness (QED) is 0.166. The summed E-state index contributed by atoms with van der Waals surface area (Å²) in [7, 11) is 0. The molecule has 2 aliphatic rings. The second-order valence-corrected chi connectivity index (χ2v) is 11.2. The molecule has 1 aromatic heterocycles. The van der Waals surface area contributed by atoms with Gasteiger partial charge >= 0.3 is 0 Å². The Hall–Kier alpha value is -2.95. The van der Waals surface area contributed by atoms with Gasteiger partial charge in [-0.05, 0) is 67.6 Å². The van der Waals surface area contributed by atoms with Gasteiger partial charge in [0.05, 0.1) is 5.41 Å². The second kappa shape index (κ2) is 6.34. The molecule has 1 heterocycles. The van der Waals surface area contributed by atoms with Crippen molar-refractivity contribution in [2.24, 2.45) is 0 Å². The summed E-state index contributed by atoms with van der Waals surface area (Å²) in [4.78, 5) is 0. The van der Waals surface area contributed by atoms with E-state index in [-0.39, 0.29) is 5.41 Å². The number of rotatable bonds is 0. The van der Waals surface area contributed by atoms with Gasteiger partial charge in [0.1, 0.15) is 0 Å². The molecule has 0 saturated heterocycles. The first-order chi connectivity index (χ1) is 16.3. The van der Waals surface area contributed by atoms with E-state index in [4.69, 9.17) is 0 Å². The van der Waals surface area contributed by atoms with Crippen molar-refractivity contribution in [1.82, 2.24) is 0 Å². The first-order valence-electron chi connectivity index (χ1n) is 11.2. The van der Waals surface area contributed by atoms with Crippen molar-refractivity contribution in [3.8, 4) is 22.3 Å². The largest absolute Gasteiger partial charge is 0.133 e. The first-order valence-corrected chi connectivity index (χ1v) is 13.1. The normalized spacial score (nSPS) is 14.5. The smallest absolute Gasteiger partial charge is 0.0726 e. The Labute approximate surface area is 209 Å². The number of thiophene rings is 1. The standard InChI is InChI=1S/C31H17IS/c32-27-15-7-11-20-21-16-17-26-28(30(21)33-29(20)27)22-10-3-6-14-25(22)31(26)23-12-4-1-8-18(23)19-9-2-5-13-24(19)31/h1-17H. The molecular formula is C31H17IS. The zero-order valence-corrected chi connectivity index (χ0v) is 20.6. The summed E-state index contributed by atoms with van der Waals surface area (Å²) in [6, 6.07) is 38.6. The van der Waals surface area contributed by atoms with E-state index in [1.807, 2.05) is 11.3 Å². The lowest BCUT2D eigenvalue weighted by Crippen LogP contribution is -2.25. The minimum absolute atomic E-state index is 0.253. The molecule has 0 aliphatic heterocycles.